The third kappa shape index (κ3) is 1.26. The molecule has 0 radical (unpaired) electrons. The number of nitrogen functional groups attached to an aromatic ring is 1. The lowest BCUT2D eigenvalue weighted by molar-refractivity contribution is 1.19. The van der Waals surface area contributed by atoms with Gasteiger partial charge in [0.1, 0.15) is 0 Å². The molecule has 0 aliphatic rings. The molecule has 2 aromatic rings. The van der Waals surface area contributed by atoms with Gasteiger partial charge in [-0.15, -0.1) is 11.3 Å². The van der Waals surface area contributed by atoms with Crippen LogP contribution in [0.25, 0.3) is 10.4 Å². The summed E-state index contributed by atoms with van der Waals surface area (Å²) < 4.78 is 0. The van der Waals surface area contributed by atoms with Gasteiger partial charge in [0.05, 0.1) is 10.4 Å². The first kappa shape index (κ1) is 7.17. The van der Waals surface area contributed by atoms with Gasteiger partial charge in [-0.1, -0.05) is 0 Å². The van der Waals surface area contributed by atoms with Gasteiger partial charge in [-0.2, -0.15) is 0 Å². The molecule has 2 aromatic heterocycles. The molecule has 0 saturated heterocycles. The molecule has 0 spiro atoms. The fourth-order valence-electron chi connectivity index (χ4n) is 0.824. The van der Waals surface area contributed by atoms with Crippen molar-refractivity contribution in [1.82, 2.24) is 15.0 Å². The Bertz CT molecular complexity index is 353. The maximum absolute atomic E-state index is 5.35. The highest BCUT2D eigenvalue weighted by molar-refractivity contribution is 7.13. The Morgan fingerprint density at radius 2 is 1.92 bits per heavy atom. The van der Waals surface area contributed by atoms with Gasteiger partial charge in [-0.3, -0.25) is 4.98 Å². The average Bonchev–Trinajstić information content (AvgIpc) is 2.58. The van der Waals surface area contributed by atoms with E-state index in [2.05, 4.69) is 15.0 Å². The van der Waals surface area contributed by atoms with Crippen molar-refractivity contribution in [3.8, 4) is 10.4 Å². The summed E-state index contributed by atoms with van der Waals surface area (Å²) in [4.78, 5) is 12.8. The first-order valence-corrected chi connectivity index (χ1v) is 4.20. The molecule has 2 heterocycles. The molecule has 0 saturated carbocycles. The highest BCUT2D eigenvalue weighted by Gasteiger charge is 1.99. The third-order valence-corrected chi connectivity index (χ3v) is 2.21. The molecule has 2 rings (SSSR count). The lowest BCUT2D eigenvalue weighted by Crippen LogP contribution is -1.92. The molecular weight excluding hydrogens is 172 g/mol. The number of hydrogen-bond donors (Lipinski definition) is 1. The number of anilines is 1. The van der Waals surface area contributed by atoms with Gasteiger partial charge < -0.3 is 5.73 Å². The Labute approximate surface area is 73.1 Å². The van der Waals surface area contributed by atoms with E-state index >= 15 is 0 Å². The zero-order valence-corrected chi connectivity index (χ0v) is 6.95. The van der Waals surface area contributed by atoms with Crippen LogP contribution < -0.4 is 5.73 Å². The number of rotatable bonds is 1. The average molecular weight is 178 g/mol. The molecule has 4 nitrogen and oxygen atoms in total. The van der Waals surface area contributed by atoms with Crippen molar-refractivity contribution >= 4 is 17.3 Å². The van der Waals surface area contributed by atoms with Crippen LogP contribution in [0.1, 0.15) is 0 Å². The van der Waals surface area contributed by atoms with Crippen LogP contribution >= 0.6 is 11.3 Å². The minimum atomic E-state index is 0.295. The number of thiazole rings is 1. The van der Waals surface area contributed by atoms with Gasteiger partial charge in [0, 0.05) is 24.2 Å². The summed E-state index contributed by atoms with van der Waals surface area (Å²) in [5.74, 6) is 0.295. The van der Waals surface area contributed by atoms with E-state index in [1.165, 1.54) is 0 Å². The second kappa shape index (κ2) is 2.86. The third-order valence-electron chi connectivity index (χ3n) is 1.39. The molecule has 0 aromatic carbocycles. The fraction of sp³-hybridized carbons (Fsp3) is 0. The predicted molar refractivity (Wildman–Crippen MR) is 47.6 cm³/mol. The lowest BCUT2D eigenvalue weighted by atomic mass is 10.3. The Kier molecular flexibility index (Phi) is 1.71. The number of hydrogen-bond acceptors (Lipinski definition) is 5. The van der Waals surface area contributed by atoms with Crippen LogP contribution in [0.2, 0.25) is 0 Å². The highest BCUT2D eigenvalue weighted by Crippen LogP contribution is 2.21. The van der Waals surface area contributed by atoms with E-state index in [4.69, 9.17) is 5.73 Å². The quantitative estimate of drug-likeness (QED) is 0.712. The zero-order chi connectivity index (χ0) is 8.39. The van der Waals surface area contributed by atoms with Crippen molar-refractivity contribution in [2.45, 2.75) is 0 Å². The predicted octanol–water partition coefficient (Wildman–Crippen LogP) is 1.18. The maximum Gasteiger partial charge on any atom is 0.219 e. The summed E-state index contributed by atoms with van der Waals surface area (Å²) in [6.45, 7) is 0. The van der Waals surface area contributed by atoms with Gasteiger partial charge >= 0.3 is 0 Å². The Morgan fingerprint density at radius 1 is 1.17 bits per heavy atom. The van der Waals surface area contributed by atoms with Gasteiger partial charge in [-0.25, -0.2) is 9.97 Å². The van der Waals surface area contributed by atoms with Crippen LogP contribution in [0.15, 0.2) is 24.1 Å². The van der Waals surface area contributed by atoms with Crippen molar-refractivity contribution in [2.24, 2.45) is 0 Å². The van der Waals surface area contributed by atoms with Crippen LogP contribution in [-0.4, -0.2) is 15.0 Å². The van der Waals surface area contributed by atoms with Crippen LogP contribution in [0.3, 0.4) is 0 Å². The van der Waals surface area contributed by atoms with Crippen LogP contribution in [-0.2, 0) is 0 Å². The minimum Gasteiger partial charge on any atom is -0.368 e. The SMILES string of the molecule is Nc1ncc(-c2cncs2)cn1. The topological polar surface area (TPSA) is 64.7 Å². The van der Waals surface area contributed by atoms with E-state index in [9.17, 15) is 0 Å². The van der Waals surface area contributed by atoms with E-state index in [1.54, 1.807) is 35.4 Å². The first-order valence-electron chi connectivity index (χ1n) is 3.32. The second-order valence-corrected chi connectivity index (χ2v) is 3.08. The van der Waals surface area contributed by atoms with Crippen LogP contribution in [0, 0.1) is 0 Å². The molecule has 0 fully saturated rings. The molecule has 0 amide bonds. The Balaban J connectivity index is 2.43. The van der Waals surface area contributed by atoms with Gasteiger partial charge in [-0.05, 0) is 0 Å². The van der Waals surface area contributed by atoms with Gasteiger partial charge in [0.2, 0.25) is 5.95 Å². The lowest BCUT2D eigenvalue weighted by Gasteiger charge is -1.94. The fourth-order valence-corrected chi connectivity index (χ4v) is 1.42. The summed E-state index contributed by atoms with van der Waals surface area (Å²) in [5.41, 5.74) is 8.07. The molecular formula is C7H6N4S. The molecule has 5 heteroatoms. The summed E-state index contributed by atoms with van der Waals surface area (Å²) >= 11 is 1.55. The molecule has 0 aliphatic carbocycles. The van der Waals surface area contributed by atoms with E-state index in [-0.39, 0.29) is 0 Å². The summed E-state index contributed by atoms with van der Waals surface area (Å²) in [6, 6.07) is 0. The standard InChI is InChI=1S/C7H6N4S/c8-7-10-1-5(2-11-7)6-3-9-4-12-6/h1-4H,(H2,8,10,11). The van der Waals surface area contributed by atoms with Gasteiger partial charge in [0.15, 0.2) is 0 Å². The van der Waals surface area contributed by atoms with Crippen LogP contribution in [0.4, 0.5) is 5.95 Å². The minimum absolute atomic E-state index is 0.295. The summed E-state index contributed by atoms with van der Waals surface area (Å²) in [7, 11) is 0. The molecule has 12 heavy (non-hydrogen) atoms. The maximum atomic E-state index is 5.35. The molecule has 0 unspecified atom stereocenters. The summed E-state index contributed by atoms with van der Waals surface area (Å²) in [6.07, 6.45) is 5.16. The Morgan fingerprint density at radius 3 is 2.50 bits per heavy atom. The van der Waals surface area contributed by atoms with Crippen LogP contribution in [0.5, 0.6) is 0 Å². The highest BCUT2D eigenvalue weighted by atomic mass is 32.1. The molecule has 60 valence electrons. The van der Waals surface area contributed by atoms with Crippen molar-refractivity contribution in [1.29, 1.82) is 0 Å². The number of aromatic nitrogens is 3. The van der Waals surface area contributed by atoms with E-state index in [0.717, 1.165) is 10.4 Å². The molecule has 0 atom stereocenters. The smallest absolute Gasteiger partial charge is 0.219 e. The molecule has 0 bridgehead atoms. The van der Waals surface area contributed by atoms with Gasteiger partial charge in [0.25, 0.3) is 0 Å². The normalized spacial score (nSPS) is 10.0. The molecule has 2 N–H and O–H groups in total. The first-order chi connectivity index (χ1) is 5.86. The number of nitrogens with two attached hydrogens (primary N) is 1. The monoisotopic (exact) mass is 178 g/mol. The number of nitrogens with zero attached hydrogens (tertiary/aromatic N) is 3. The van der Waals surface area contributed by atoms with E-state index in [1.807, 2.05) is 0 Å². The van der Waals surface area contributed by atoms with E-state index < -0.39 is 0 Å². The van der Waals surface area contributed by atoms with E-state index in [0.29, 0.717) is 5.95 Å². The van der Waals surface area contributed by atoms with Crippen molar-refractivity contribution < 1.29 is 0 Å². The largest absolute Gasteiger partial charge is 0.368 e. The zero-order valence-electron chi connectivity index (χ0n) is 6.14. The molecule has 0 aliphatic heterocycles. The van der Waals surface area contributed by atoms with Crippen molar-refractivity contribution in [3.63, 3.8) is 0 Å². The summed E-state index contributed by atoms with van der Waals surface area (Å²) in [5, 5.41) is 0. The van der Waals surface area contributed by atoms with Crippen molar-refractivity contribution in [2.75, 3.05) is 5.73 Å². The second-order valence-electron chi connectivity index (χ2n) is 2.20. The van der Waals surface area contributed by atoms with Crippen molar-refractivity contribution in [3.05, 3.63) is 24.1 Å². The Hall–Kier alpha value is -1.49.